The largest absolute Gasteiger partial charge is 0.464 e. The van der Waals surface area contributed by atoms with E-state index in [0.29, 0.717) is 12.8 Å². The van der Waals surface area contributed by atoms with E-state index in [1.165, 1.54) is 194 Å². The normalized spacial score (nSPS) is 12.5. The van der Waals surface area contributed by atoms with E-state index in [2.05, 4.69) is 19.2 Å². The van der Waals surface area contributed by atoms with E-state index in [9.17, 15) is 14.4 Å². The average Bonchev–Trinajstić information content (AvgIpc) is 3.10. The van der Waals surface area contributed by atoms with Gasteiger partial charge in [-0.2, -0.15) is 0 Å². The zero-order chi connectivity index (χ0) is 37.5. The van der Waals surface area contributed by atoms with Crippen molar-refractivity contribution in [1.82, 2.24) is 5.32 Å². The molecule has 0 radical (unpaired) electrons. The molecule has 1 amide bonds. The number of nitrogens with one attached hydrogen (secondary N) is 1. The Hall–Kier alpha value is -1.59. The summed E-state index contributed by atoms with van der Waals surface area (Å²) in [6.07, 6.45) is 43.7. The van der Waals surface area contributed by atoms with E-state index in [4.69, 9.17) is 9.47 Å². The number of carbonyl (C=O) groups excluding carboxylic acids is 3. The van der Waals surface area contributed by atoms with Crippen molar-refractivity contribution in [2.45, 2.75) is 265 Å². The smallest absolute Gasteiger partial charge is 0.302 e. The van der Waals surface area contributed by atoms with Crippen molar-refractivity contribution in [1.29, 1.82) is 0 Å². The Morgan fingerprint density at radius 1 is 0.431 bits per heavy atom. The van der Waals surface area contributed by atoms with Gasteiger partial charge in [-0.25, -0.2) is 0 Å². The zero-order valence-electron chi connectivity index (χ0n) is 34.7. The molecule has 0 spiro atoms. The molecular weight excluding hydrogens is 634 g/mol. The van der Waals surface area contributed by atoms with Crippen LogP contribution in [0.3, 0.4) is 0 Å². The van der Waals surface area contributed by atoms with E-state index in [-0.39, 0.29) is 18.5 Å². The van der Waals surface area contributed by atoms with Crippen molar-refractivity contribution in [2.24, 2.45) is 0 Å². The third-order valence-electron chi connectivity index (χ3n) is 10.4. The van der Waals surface area contributed by atoms with Gasteiger partial charge >= 0.3 is 11.9 Å². The van der Waals surface area contributed by atoms with Crippen LogP contribution in [0, 0.1) is 0 Å². The number of hydrogen-bond donors (Lipinski definition) is 1. The molecule has 0 rings (SSSR count). The van der Waals surface area contributed by atoms with Crippen LogP contribution in [0.5, 0.6) is 0 Å². The summed E-state index contributed by atoms with van der Waals surface area (Å²) in [4.78, 5) is 36.4. The lowest BCUT2D eigenvalue weighted by Crippen LogP contribution is -2.48. The number of ether oxygens (including phenoxy) is 2. The minimum atomic E-state index is -0.521. The highest BCUT2D eigenvalue weighted by Gasteiger charge is 2.27. The van der Waals surface area contributed by atoms with Gasteiger partial charge in [-0.1, -0.05) is 213 Å². The molecule has 2 atom stereocenters. The van der Waals surface area contributed by atoms with Crippen molar-refractivity contribution in [3.05, 3.63) is 0 Å². The number of carbonyl (C=O) groups is 3. The SMILES string of the molecule is CCCCCCCCCCCCCCCCCCCCCC(=O)N[C@@H](COC(C)=O)[C@@H](CCCCCCCCCCCCCCCC)OC(C)=O. The van der Waals surface area contributed by atoms with Crippen LogP contribution in [0.2, 0.25) is 0 Å². The second kappa shape index (κ2) is 39.6. The maximum atomic E-state index is 12.9. The van der Waals surface area contributed by atoms with Gasteiger partial charge in [0.2, 0.25) is 5.91 Å². The van der Waals surface area contributed by atoms with Crippen LogP contribution in [-0.2, 0) is 23.9 Å². The number of amides is 1. The molecule has 6 nitrogen and oxygen atoms in total. The van der Waals surface area contributed by atoms with Crippen LogP contribution in [0.4, 0.5) is 0 Å². The molecule has 0 aliphatic carbocycles. The van der Waals surface area contributed by atoms with Crippen LogP contribution in [0.1, 0.15) is 252 Å². The lowest BCUT2D eigenvalue weighted by molar-refractivity contribution is -0.152. The van der Waals surface area contributed by atoms with Gasteiger partial charge in [-0.15, -0.1) is 0 Å². The standard InChI is InChI=1S/C45H87NO5/c1-5-7-9-11-13-15-17-19-21-22-23-24-25-27-29-31-33-35-37-39-45(49)46-43(40-50-41(3)47)44(51-42(4)48)38-36-34-32-30-28-26-20-18-16-14-12-10-8-6-2/h43-44H,5-40H2,1-4H3,(H,46,49)/t43-,44+/m0/s1. The maximum absolute atomic E-state index is 12.9. The summed E-state index contributed by atoms with van der Waals surface area (Å²) in [6, 6.07) is -0.521. The highest BCUT2D eigenvalue weighted by molar-refractivity contribution is 5.76. The Balaban J connectivity index is 4.07. The Bertz CT molecular complexity index is 772. The molecule has 0 aromatic heterocycles. The molecule has 51 heavy (non-hydrogen) atoms. The molecule has 0 aromatic rings. The molecule has 0 unspecified atom stereocenters. The third kappa shape index (κ3) is 38.0. The summed E-state index contributed by atoms with van der Waals surface area (Å²) >= 11 is 0. The minimum Gasteiger partial charge on any atom is -0.464 e. The second-order valence-corrected chi connectivity index (χ2v) is 15.6. The maximum Gasteiger partial charge on any atom is 0.302 e. The summed E-state index contributed by atoms with van der Waals surface area (Å²) in [7, 11) is 0. The van der Waals surface area contributed by atoms with Crippen molar-refractivity contribution in [2.75, 3.05) is 6.61 Å². The molecular formula is C45H87NO5. The summed E-state index contributed by atoms with van der Waals surface area (Å²) < 4.78 is 11.0. The van der Waals surface area contributed by atoms with Gasteiger partial charge in [0.25, 0.3) is 0 Å². The summed E-state index contributed by atoms with van der Waals surface area (Å²) in [5, 5.41) is 3.04. The van der Waals surface area contributed by atoms with Crippen LogP contribution in [0.15, 0.2) is 0 Å². The van der Waals surface area contributed by atoms with Crippen LogP contribution in [-0.4, -0.2) is 36.6 Å². The summed E-state index contributed by atoms with van der Waals surface area (Å²) in [5.74, 6) is -0.824. The zero-order valence-corrected chi connectivity index (χ0v) is 34.7. The van der Waals surface area contributed by atoms with Gasteiger partial charge in [0.1, 0.15) is 12.7 Å². The molecule has 0 saturated heterocycles. The first-order chi connectivity index (χ1) is 24.9. The van der Waals surface area contributed by atoms with E-state index < -0.39 is 18.1 Å². The van der Waals surface area contributed by atoms with Crippen molar-refractivity contribution >= 4 is 17.8 Å². The number of unbranched alkanes of at least 4 members (excludes halogenated alkanes) is 31. The van der Waals surface area contributed by atoms with Gasteiger partial charge in [0.05, 0.1) is 6.04 Å². The van der Waals surface area contributed by atoms with Gasteiger partial charge in [0, 0.05) is 20.3 Å². The van der Waals surface area contributed by atoms with Crippen molar-refractivity contribution in [3.63, 3.8) is 0 Å². The number of esters is 2. The van der Waals surface area contributed by atoms with Crippen LogP contribution < -0.4 is 5.32 Å². The van der Waals surface area contributed by atoms with Gasteiger partial charge in [-0.3, -0.25) is 14.4 Å². The molecule has 0 bridgehead atoms. The minimum absolute atomic E-state index is 0.0246. The fourth-order valence-electron chi connectivity index (χ4n) is 7.19. The monoisotopic (exact) mass is 722 g/mol. The summed E-state index contributed by atoms with van der Waals surface area (Å²) in [6.45, 7) is 7.35. The molecule has 0 aliphatic heterocycles. The predicted molar refractivity (Wildman–Crippen MR) is 217 cm³/mol. The fourth-order valence-corrected chi connectivity index (χ4v) is 7.19. The van der Waals surface area contributed by atoms with Gasteiger partial charge in [0.15, 0.2) is 0 Å². The molecule has 6 heteroatoms. The number of hydrogen-bond acceptors (Lipinski definition) is 5. The van der Waals surface area contributed by atoms with Gasteiger partial charge in [-0.05, 0) is 19.3 Å². The lowest BCUT2D eigenvalue weighted by Gasteiger charge is -2.27. The first-order valence-corrected chi connectivity index (χ1v) is 22.5. The molecule has 0 heterocycles. The van der Waals surface area contributed by atoms with E-state index in [0.717, 1.165) is 32.1 Å². The topological polar surface area (TPSA) is 81.7 Å². The predicted octanol–water partition coefficient (Wildman–Crippen LogP) is 13.7. The van der Waals surface area contributed by atoms with Gasteiger partial charge < -0.3 is 14.8 Å². The molecule has 0 fully saturated rings. The Morgan fingerprint density at radius 2 is 0.745 bits per heavy atom. The van der Waals surface area contributed by atoms with Crippen molar-refractivity contribution < 1.29 is 23.9 Å². The van der Waals surface area contributed by atoms with Crippen LogP contribution in [0.25, 0.3) is 0 Å². The fraction of sp³-hybridized carbons (Fsp3) is 0.933. The lowest BCUT2D eigenvalue weighted by atomic mass is 10.0. The molecule has 0 aliphatic rings. The quantitative estimate of drug-likeness (QED) is 0.0503. The molecule has 302 valence electrons. The second-order valence-electron chi connectivity index (χ2n) is 15.6. The highest BCUT2D eigenvalue weighted by atomic mass is 16.6. The van der Waals surface area contributed by atoms with Crippen molar-refractivity contribution in [3.8, 4) is 0 Å². The van der Waals surface area contributed by atoms with E-state index >= 15 is 0 Å². The Labute approximate surface area is 317 Å². The number of rotatable bonds is 40. The first-order valence-electron chi connectivity index (χ1n) is 22.5. The third-order valence-corrected chi connectivity index (χ3v) is 10.4. The summed E-state index contributed by atoms with van der Waals surface area (Å²) in [5.41, 5.74) is 0. The first kappa shape index (κ1) is 49.4. The highest BCUT2D eigenvalue weighted by Crippen LogP contribution is 2.18. The molecule has 1 N–H and O–H groups in total. The Kier molecular flexibility index (Phi) is 38.4. The van der Waals surface area contributed by atoms with Crippen LogP contribution >= 0.6 is 0 Å². The molecule has 0 saturated carbocycles. The Morgan fingerprint density at radius 3 is 1.06 bits per heavy atom. The molecule has 0 aromatic carbocycles. The average molecular weight is 722 g/mol. The van der Waals surface area contributed by atoms with E-state index in [1.807, 2.05) is 0 Å². The van der Waals surface area contributed by atoms with E-state index in [1.54, 1.807) is 0 Å².